The second-order valence-corrected chi connectivity index (χ2v) is 8.54. The number of anilines is 1. The summed E-state index contributed by atoms with van der Waals surface area (Å²) in [6.07, 6.45) is 6.96. The summed E-state index contributed by atoms with van der Waals surface area (Å²) < 4.78 is 0. The molecule has 0 unspecified atom stereocenters. The molecule has 3 aromatic carbocycles. The highest BCUT2D eigenvalue weighted by molar-refractivity contribution is 6.05. The highest BCUT2D eigenvalue weighted by atomic mass is 16.4. The van der Waals surface area contributed by atoms with E-state index < -0.39 is 5.97 Å². The molecule has 2 N–H and O–H groups in total. The lowest BCUT2D eigenvalue weighted by Crippen LogP contribution is -2.12. The zero-order valence-corrected chi connectivity index (χ0v) is 17.4. The summed E-state index contributed by atoms with van der Waals surface area (Å²) in [6.45, 7) is 0. The molecule has 156 valence electrons. The first-order valence-corrected chi connectivity index (χ1v) is 11.0. The molecule has 2 aliphatic rings. The van der Waals surface area contributed by atoms with Crippen LogP contribution in [0.5, 0.6) is 0 Å². The minimum Gasteiger partial charge on any atom is -0.481 e. The maximum atomic E-state index is 12.9. The molecule has 4 heteroatoms. The number of carbonyl (C=O) groups is 2. The zero-order chi connectivity index (χ0) is 21.4. The number of hydrogen-bond donors (Lipinski definition) is 2. The van der Waals surface area contributed by atoms with E-state index >= 15 is 0 Å². The molecule has 0 aromatic heterocycles. The van der Waals surface area contributed by atoms with E-state index in [2.05, 4.69) is 17.4 Å². The fraction of sp³-hybridized carbons (Fsp3) is 0.259. The van der Waals surface area contributed by atoms with Crippen molar-refractivity contribution < 1.29 is 14.7 Å². The highest BCUT2D eigenvalue weighted by Crippen LogP contribution is 2.41. The molecule has 0 fully saturated rings. The molecule has 0 saturated heterocycles. The van der Waals surface area contributed by atoms with Crippen LogP contribution in [0.1, 0.15) is 51.0 Å². The predicted octanol–water partition coefficient (Wildman–Crippen LogP) is 5.21. The number of nitrogens with one attached hydrogen (secondary N) is 1. The molecule has 0 saturated carbocycles. The summed E-state index contributed by atoms with van der Waals surface area (Å²) in [6, 6.07) is 17.3. The van der Waals surface area contributed by atoms with Gasteiger partial charge in [0.15, 0.2) is 0 Å². The monoisotopic (exact) mass is 411 g/mol. The largest absolute Gasteiger partial charge is 0.481 e. The quantitative estimate of drug-likeness (QED) is 0.606. The molecule has 0 atom stereocenters. The van der Waals surface area contributed by atoms with Crippen molar-refractivity contribution in [3.8, 4) is 11.1 Å². The van der Waals surface area contributed by atoms with Gasteiger partial charge in [0.2, 0.25) is 0 Å². The van der Waals surface area contributed by atoms with Crippen LogP contribution >= 0.6 is 0 Å². The molecular weight excluding hydrogens is 386 g/mol. The molecule has 0 aliphatic heterocycles. The van der Waals surface area contributed by atoms with Crippen LogP contribution in [0.15, 0.2) is 54.6 Å². The Morgan fingerprint density at radius 1 is 0.839 bits per heavy atom. The first kappa shape index (κ1) is 19.6. The first-order chi connectivity index (χ1) is 15.1. The van der Waals surface area contributed by atoms with Crippen LogP contribution in [0.3, 0.4) is 0 Å². The summed E-state index contributed by atoms with van der Waals surface area (Å²) in [4.78, 5) is 23.8. The number of carboxylic acid groups (broad SMARTS) is 1. The van der Waals surface area contributed by atoms with Crippen LogP contribution in [0, 0.1) is 0 Å². The van der Waals surface area contributed by atoms with E-state index in [0.29, 0.717) is 16.8 Å². The lowest BCUT2D eigenvalue weighted by Gasteiger charge is -2.16. The summed E-state index contributed by atoms with van der Waals surface area (Å²) in [5.74, 6) is -1.02. The number of benzene rings is 3. The molecule has 0 heterocycles. The van der Waals surface area contributed by atoms with Gasteiger partial charge >= 0.3 is 5.97 Å². The van der Waals surface area contributed by atoms with E-state index in [9.17, 15) is 9.59 Å². The summed E-state index contributed by atoms with van der Waals surface area (Å²) in [5.41, 5.74) is 10.5. The van der Waals surface area contributed by atoms with Crippen molar-refractivity contribution in [1.29, 1.82) is 0 Å². The van der Waals surface area contributed by atoms with Crippen LogP contribution in [-0.2, 0) is 36.9 Å². The van der Waals surface area contributed by atoms with Crippen LogP contribution in [-0.4, -0.2) is 17.0 Å². The Morgan fingerprint density at radius 3 is 2.16 bits per heavy atom. The van der Waals surface area contributed by atoms with Crippen molar-refractivity contribution >= 4 is 17.6 Å². The van der Waals surface area contributed by atoms with E-state index in [0.717, 1.165) is 31.2 Å². The lowest BCUT2D eigenvalue weighted by atomic mass is 9.89. The standard InChI is InChI=1S/C27H25NO3/c29-25(30)14-17-10-12-22(13-11-17)28-27(31)21-7-1-6-20(16-21)26-23-8-2-4-18(23)15-19-5-3-9-24(19)26/h1,6-7,10-13,15-16H,2-5,8-9,14H2,(H,28,31)(H,29,30). The smallest absolute Gasteiger partial charge is 0.307 e. The van der Waals surface area contributed by atoms with Gasteiger partial charge in [-0.15, -0.1) is 0 Å². The number of fused-ring (bicyclic) bond motifs is 2. The SMILES string of the molecule is O=C(O)Cc1ccc(NC(=O)c2cccc(-c3c4c(cc5c3CCC5)CCC4)c2)cc1. The Morgan fingerprint density at radius 2 is 1.52 bits per heavy atom. The van der Waals surface area contributed by atoms with Gasteiger partial charge in [-0.1, -0.05) is 30.3 Å². The fourth-order valence-electron chi connectivity index (χ4n) is 5.06. The van der Waals surface area contributed by atoms with Gasteiger partial charge in [-0.2, -0.15) is 0 Å². The van der Waals surface area contributed by atoms with Gasteiger partial charge in [0.25, 0.3) is 5.91 Å². The molecule has 31 heavy (non-hydrogen) atoms. The molecule has 1 amide bonds. The Kier molecular flexibility index (Phi) is 5.06. The second kappa shape index (κ2) is 8.03. The number of rotatable bonds is 5. The number of amides is 1. The Labute approximate surface area is 181 Å². The van der Waals surface area contributed by atoms with Crippen LogP contribution in [0.2, 0.25) is 0 Å². The highest BCUT2D eigenvalue weighted by Gasteiger charge is 2.25. The number of carboxylic acids is 1. The third-order valence-corrected chi connectivity index (χ3v) is 6.45. The van der Waals surface area contributed by atoms with Gasteiger partial charge in [0.1, 0.15) is 0 Å². The van der Waals surface area contributed by atoms with Crippen molar-refractivity contribution in [1.82, 2.24) is 0 Å². The lowest BCUT2D eigenvalue weighted by molar-refractivity contribution is -0.136. The fourth-order valence-corrected chi connectivity index (χ4v) is 5.06. The van der Waals surface area contributed by atoms with Gasteiger partial charge in [-0.25, -0.2) is 0 Å². The van der Waals surface area contributed by atoms with E-state index in [1.807, 2.05) is 18.2 Å². The number of aryl methyl sites for hydroxylation is 2. The molecule has 3 aromatic rings. The van der Waals surface area contributed by atoms with E-state index in [4.69, 9.17) is 5.11 Å². The molecule has 0 radical (unpaired) electrons. The molecule has 2 aliphatic carbocycles. The third kappa shape index (κ3) is 3.86. The van der Waals surface area contributed by atoms with Crippen LogP contribution in [0.25, 0.3) is 11.1 Å². The van der Waals surface area contributed by atoms with E-state index in [1.165, 1.54) is 40.7 Å². The van der Waals surface area contributed by atoms with Crippen molar-refractivity contribution in [2.45, 2.75) is 44.9 Å². The first-order valence-electron chi connectivity index (χ1n) is 11.0. The zero-order valence-electron chi connectivity index (χ0n) is 17.4. The van der Waals surface area contributed by atoms with E-state index in [-0.39, 0.29) is 12.3 Å². The van der Waals surface area contributed by atoms with Gasteiger partial charge < -0.3 is 10.4 Å². The number of carbonyl (C=O) groups excluding carboxylic acids is 1. The minimum absolute atomic E-state index is 0.0258. The summed E-state index contributed by atoms with van der Waals surface area (Å²) >= 11 is 0. The molecule has 0 bridgehead atoms. The topological polar surface area (TPSA) is 66.4 Å². The Bertz CT molecular complexity index is 1150. The third-order valence-electron chi connectivity index (χ3n) is 6.45. The number of hydrogen-bond acceptors (Lipinski definition) is 2. The van der Waals surface area contributed by atoms with Crippen molar-refractivity contribution in [2.24, 2.45) is 0 Å². The van der Waals surface area contributed by atoms with Gasteiger partial charge in [0.05, 0.1) is 6.42 Å². The van der Waals surface area contributed by atoms with Crippen molar-refractivity contribution in [3.05, 3.63) is 88.0 Å². The summed E-state index contributed by atoms with van der Waals surface area (Å²) in [5, 5.41) is 11.8. The second-order valence-electron chi connectivity index (χ2n) is 8.54. The molecule has 0 spiro atoms. The van der Waals surface area contributed by atoms with Gasteiger partial charge in [-0.05, 0) is 102 Å². The van der Waals surface area contributed by atoms with Crippen LogP contribution in [0.4, 0.5) is 5.69 Å². The minimum atomic E-state index is -0.868. The average molecular weight is 412 g/mol. The van der Waals surface area contributed by atoms with Gasteiger partial charge in [0, 0.05) is 11.3 Å². The normalized spacial score (nSPS) is 14.2. The Hall–Kier alpha value is -3.40. The predicted molar refractivity (Wildman–Crippen MR) is 122 cm³/mol. The maximum absolute atomic E-state index is 12.9. The molecule has 4 nitrogen and oxygen atoms in total. The maximum Gasteiger partial charge on any atom is 0.307 e. The number of aliphatic carboxylic acids is 1. The van der Waals surface area contributed by atoms with Gasteiger partial charge in [-0.3, -0.25) is 9.59 Å². The van der Waals surface area contributed by atoms with E-state index in [1.54, 1.807) is 24.3 Å². The van der Waals surface area contributed by atoms with Crippen molar-refractivity contribution in [2.75, 3.05) is 5.32 Å². The molecular formula is C27H25NO3. The van der Waals surface area contributed by atoms with Crippen molar-refractivity contribution in [3.63, 3.8) is 0 Å². The average Bonchev–Trinajstić information content (AvgIpc) is 3.42. The summed E-state index contributed by atoms with van der Waals surface area (Å²) in [7, 11) is 0. The molecule has 5 rings (SSSR count). The van der Waals surface area contributed by atoms with Crippen LogP contribution < -0.4 is 5.32 Å². The Balaban J connectivity index is 1.43.